The Balaban J connectivity index is 1.74. The van der Waals surface area contributed by atoms with E-state index in [9.17, 15) is 0 Å². The van der Waals surface area contributed by atoms with E-state index >= 15 is 0 Å². The maximum absolute atomic E-state index is 2.62. The van der Waals surface area contributed by atoms with Crippen molar-refractivity contribution in [2.75, 3.05) is 54.0 Å². The Hall–Kier alpha value is -1.38. The highest BCUT2D eigenvalue weighted by Gasteiger charge is 2.23. The van der Waals surface area contributed by atoms with Gasteiger partial charge in [0, 0.05) is 56.3 Å². The van der Waals surface area contributed by atoms with Crippen molar-refractivity contribution in [3.63, 3.8) is 0 Å². The third kappa shape index (κ3) is 2.55. The number of benzene rings is 1. The van der Waals surface area contributed by atoms with Crippen molar-refractivity contribution < 1.29 is 0 Å². The van der Waals surface area contributed by atoms with Crippen molar-refractivity contribution in [1.82, 2.24) is 0 Å². The molecule has 0 spiro atoms. The fourth-order valence-electron chi connectivity index (χ4n) is 4.40. The van der Waals surface area contributed by atoms with Gasteiger partial charge in [0.25, 0.3) is 0 Å². The summed E-state index contributed by atoms with van der Waals surface area (Å²) in [6.45, 7) is 9.78. The summed E-state index contributed by atoms with van der Waals surface area (Å²) in [5.74, 6) is 0. The molecular formula is C19H29N3. The summed E-state index contributed by atoms with van der Waals surface area (Å²) in [5.41, 5.74) is 5.98. The number of nitrogens with zero attached hydrogens (tertiary/aromatic N) is 3. The van der Waals surface area contributed by atoms with Gasteiger partial charge in [0.2, 0.25) is 0 Å². The van der Waals surface area contributed by atoms with Gasteiger partial charge in [-0.05, 0) is 63.1 Å². The Morgan fingerprint density at radius 1 is 0.591 bits per heavy atom. The lowest BCUT2D eigenvalue weighted by Gasteiger charge is -2.30. The zero-order valence-corrected chi connectivity index (χ0v) is 14.0. The minimum Gasteiger partial charge on any atom is -0.371 e. The zero-order chi connectivity index (χ0) is 14.9. The Morgan fingerprint density at radius 3 is 1.36 bits per heavy atom. The SMILES string of the molecule is Cc1c(N2CCCC2)cc(N2CCCC2)cc1N1CCCC1. The highest BCUT2D eigenvalue weighted by molar-refractivity contribution is 5.75. The molecule has 22 heavy (non-hydrogen) atoms. The zero-order valence-electron chi connectivity index (χ0n) is 14.0. The molecule has 0 N–H and O–H groups in total. The van der Waals surface area contributed by atoms with Crippen LogP contribution in [-0.2, 0) is 0 Å². The first-order chi connectivity index (χ1) is 10.8. The smallest absolute Gasteiger partial charge is 0.0437 e. The molecule has 0 unspecified atom stereocenters. The molecular weight excluding hydrogens is 270 g/mol. The van der Waals surface area contributed by atoms with Crippen molar-refractivity contribution in [3.8, 4) is 0 Å². The molecule has 0 bridgehead atoms. The lowest BCUT2D eigenvalue weighted by Crippen LogP contribution is -2.25. The lowest BCUT2D eigenvalue weighted by atomic mass is 10.1. The van der Waals surface area contributed by atoms with Crippen LogP contribution < -0.4 is 14.7 Å². The summed E-state index contributed by atoms with van der Waals surface area (Å²) in [6.07, 6.45) is 8.12. The van der Waals surface area contributed by atoms with E-state index in [2.05, 4.69) is 33.8 Å². The van der Waals surface area contributed by atoms with E-state index in [-0.39, 0.29) is 0 Å². The molecule has 3 aliphatic rings. The van der Waals surface area contributed by atoms with Crippen molar-refractivity contribution in [2.45, 2.75) is 45.4 Å². The average Bonchev–Trinajstić information content (AvgIpc) is 3.29. The van der Waals surface area contributed by atoms with E-state index in [1.807, 2.05) is 0 Å². The van der Waals surface area contributed by atoms with Crippen LogP contribution in [0.5, 0.6) is 0 Å². The van der Waals surface area contributed by atoms with Gasteiger partial charge in [0.1, 0.15) is 0 Å². The topological polar surface area (TPSA) is 9.72 Å². The third-order valence-corrected chi connectivity index (χ3v) is 5.70. The Kier molecular flexibility index (Phi) is 3.89. The van der Waals surface area contributed by atoms with Crippen molar-refractivity contribution in [1.29, 1.82) is 0 Å². The first-order valence-electron chi connectivity index (χ1n) is 9.22. The van der Waals surface area contributed by atoms with E-state index in [0.717, 1.165) is 0 Å². The van der Waals surface area contributed by atoms with Gasteiger partial charge in [-0.3, -0.25) is 0 Å². The van der Waals surface area contributed by atoms with Gasteiger partial charge in [0.15, 0.2) is 0 Å². The van der Waals surface area contributed by atoms with Crippen molar-refractivity contribution in [3.05, 3.63) is 17.7 Å². The molecule has 120 valence electrons. The monoisotopic (exact) mass is 299 g/mol. The summed E-state index contributed by atoms with van der Waals surface area (Å²) < 4.78 is 0. The first-order valence-corrected chi connectivity index (χ1v) is 9.22. The second-order valence-corrected chi connectivity index (χ2v) is 7.19. The Morgan fingerprint density at radius 2 is 0.955 bits per heavy atom. The maximum Gasteiger partial charge on any atom is 0.0437 e. The standard InChI is InChI=1S/C19H29N3/c1-16-18(21-10-4-5-11-21)14-17(20-8-2-3-9-20)15-19(16)22-12-6-7-13-22/h14-15H,2-13H2,1H3. The molecule has 3 aliphatic heterocycles. The minimum absolute atomic E-state index is 1.24. The fraction of sp³-hybridized carbons (Fsp3) is 0.684. The largest absolute Gasteiger partial charge is 0.371 e. The second-order valence-electron chi connectivity index (χ2n) is 7.19. The summed E-state index contributed by atoms with van der Waals surface area (Å²) in [5, 5.41) is 0. The molecule has 0 aliphatic carbocycles. The van der Waals surface area contributed by atoms with Gasteiger partial charge in [-0.25, -0.2) is 0 Å². The van der Waals surface area contributed by atoms with Crippen molar-refractivity contribution >= 4 is 17.1 Å². The van der Waals surface area contributed by atoms with E-state index in [4.69, 9.17) is 0 Å². The predicted molar refractivity (Wildman–Crippen MR) is 95.5 cm³/mol. The van der Waals surface area contributed by atoms with Gasteiger partial charge in [0.05, 0.1) is 0 Å². The molecule has 0 aromatic heterocycles. The van der Waals surface area contributed by atoms with Gasteiger partial charge in [-0.15, -0.1) is 0 Å². The summed E-state index contributed by atoms with van der Waals surface area (Å²) >= 11 is 0. The molecule has 4 rings (SSSR count). The van der Waals surface area contributed by atoms with Gasteiger partial charge < -0.3 is 14.7 Å². The van der Waals surface area contributed by atoms with Crippen LogP contribution in [0.25, 0.3) is 0 Å². The van der Waals surface area contributed by atoms with Gasteiger partial charge in [-0.1, -0.05) is 0 Å². The fourth-order valence-corrected chi connectivity index (χ4v) is 4.40. The average molecular weight is 299 g/mol. The lowest BCUT2D eigenvalue weighted by molar-refractivity contribution is 0.923. The van der Waals surface area contributed by atoms with Crippen LogP contribution in [0.1, 0.15) is 44.1 Å². The number of anilines is 3. The summed E-state index contributed by atoms with van der Waals surface area (Å²) in [7, 11) is 0. The van der Waals surface area contributed by atoms with Crippen LogP contribution >= 0.6 is 0 Å². The highest BCUT2D eigenvalue weighted by Crippen LogP contribution is 2.38. The molecule has 0 atom stereocenters. The molecule has 3 heterocycles. The molecule has 3 saturated heterocycles. The molecule has 0 amide bonds. The quantitative estimate of drug-likeness (QED) is 0.840. The Bertz CT molecular complexity index is 484. The minimum atomic E-state index is 1.24. The molecule has 3 nitrogen and oxygen atoms in total. The number of rotatable bonds is 3. The van der Waals surface area contributed by atoms with Gasteiger partial charge in [-0.2, -0.15) is 0 Å². The predicted octanol–water partition coefficient (Wildman–Crippen LogP) is 3.80. The highest BCUT2D eigenvalue weighted by atomic mass is 15.2. The number of hydrogen-bond acceptors (Lipinski definition) is 3. The maximum atomic E-state index is 2.62. The first kappa shape index (κ1) is 14.2. The van der Waals surface area contributed by atoms with Gasteiger partial charge >= 0.3 is 0 Å². The van der Waals surface area contributed by atoms with E-state index < -0.39 is 0 Å². The van der Waals surface area contributed by atoms with Crippen LogP contribution in [-0.4, -0.2) is 39.3 Å². The van der Waals surface area contributed by atoms with E-state index in [1.165, 1.54) is 100 Å². The second kappa shape index (κ2) is 6.02. The van der Waals surface area contributed by atoms with Crippen LogP contribution in [0.2, 0.25) is 0 Å². The normalized spacial score (nSPS) is 22.1. The van der Waals surface area contributed by atoms with Crippen LogP contribution in [0.3, 0.4) is 0 Å². The molecule has 1 aromatic carbocycles. The summed E-state index contributed by atoms with van der Waals surface area (Å²) in [4.78, 5) is 7.83. The van der Waals surface area contributed by atoms with E-state index in [0.29, 0.717) is 0 Å². The van der Waals surface area contributed by atoms with E-state index in [1.54, 1.807) is 0 Å². The Labute approximate surface area is 134 Å². The molecule has 0 radical (unpaired) electrons. The molecule has 3 heteroatoms. The molecule has 3 fully saturated rings. The summed E-state index contributed by atoms with van der Waals surface area (Å²) in [6, 6.07) is 4.96. The van der Waals surface area contributed by atoms with Crippen molar-refractivity contribution in [2.24, 2.45) is 0 Å². The van der Waals surface area contributed by atoms with Crippen LogP contribution in [0, 0.1) is 6.92 Å². The third-order valence-electron chi connectivity index (χ3n) is 5.70. The number of hydrogen-bond donors (Lipinski definition) is 0. The van der Waals surface area contributed by atoms with Crippen LogP contribution in [0.4, 0.5) is 17.1 Å². The molecule has 0 saturated carbocycles. The van der Waals surface area contributed by atoms with Crippen LogP contribution in [0.15, 0.2) is 12.1 Å². The molecule has 1 aromatic rings.